The molecule has 2 saturated carbocycles. The SMILES string of the molecule is O=C(NC1CC2(CCC2)C1)c1cc2cc(Br)cnc2n(Cc2ccc(F)cn2)c1=O. The molecule has 6 nitrogen and oxygen atoms in total. The van der Waals surface area contributed by atoms with E-state index in [0.717, 1.165) is 23.5 Å². The molecule has 30 heavy (non-hydrogen) atoms. The van der Waals surface area contributed by atoms with E-state index in [0.29, 0.717) is 22.1 Å². The van der Waals surface area contributed by atoms with Crippen molar-refractivity contribution >= 4 is 32.9 Å². The van der Waals surface area contributed by atoms with Gasteiger partial charge in [0.15, 0.2) is 0 Å². The second-order valence-corrected chi connectivity index (χ2v) is 9.33. The van der Waals surface area contributed by atoms with Crippen LogP contribution in [0, 0.1) is 11.2 Å². The predicted octanol–water partition coefficient (Wildman–Crippen LogP) is 3.80. The average Bonchev–Trinajstić information content (AvgIpc) is 2.66. The van der Waals surface area contributed by atoms with Crippen LogP contribution in [0.25, 0.3) is 11.0 Å². The first-order valence-corrected chi connectivity index (χ1v) is 10.8. The van der Waals surface area contributed by atoms with Crippen LogP contribution < -0.4 is 10.9 Å². The molecule has 3 aromatic heterocycles. The topological polar surface area (TPSA) is 76.9 Å². The van der Waals surface area contributed by atoms with Crippen molar-refractivity contribution in [2.45, 2.75) is 44.7 Å². The van der Waals surface area contributed by atoms with Crippen LogP contribution in [0.1, 0.15) is 48.2 Å². The van der Waals surface area contributed by atoms with E-state index in [2.05, 4.69) is 31.2 Å². The number of hydrogen-bond donors (Lipinski definition) is 1. The lowest BCUT2D eigenvalue weighted by atomic mass is 9.54. The zero-order valence-electron chi connectivity index (χ0n) is 16.2. The van der Waals surface area contributed by atoms with Crippen LogP contribution in [0.15, 0.2) is 45.9 Å². The van der Waals surface area contributed by atoms with Crippen LogP contribution in [-0.4, -0.2) is 26.5 Å². The molecule has 3 aromatic rings. The van der Waals surface area contributed by atoms with E-state index in [1.807, 2.05) is 6.07 Å². The van der Waals surface area contributed by atoms with Gasteiger partial charge in [0.1, 0.15) is 17.0 Å². The Balaban J connectivity index is 1.49. The number of halogens is 2. The summed E-state index contributed by atoms with van der Waals surface area (Å²) in [6.07, 6.45) is 8.45. The lowest BCUT2D eigenvalue weighted by Gasteiger charge is -2.54. The number of hydrogen-bond acceptors (Lipinski definition) is 4. The molecule has 0 unspecified atom stereocenters. The van der Waals surface area contributed by atoms with Crippen molar-refractivity contribution in [3.05, 3.63) is 68.6 Å². The summed E-state index contributed by atoms with van der Waals surface area (Å²) in [4.78, 5) is 34.6. The third-order valence-corrected chi connectivity index (χ3v) is 6.79. The minimum absolute atomic E-state index is 0.0825. The molecule has 1 spiro atoms. The quantitative estimate of drug-likeness (QED) is 0.628. The number of carbonyl (C=O) groups excluding carboxylic acids is 1. The monoisotopic (exact) mass is 470 g/mol. The van der Waals surface area contributed by atoms with Gasteiger partial charge in [-0.05, 0) is 71.3 Å². The molecule has 0 atom stereocenters. The molecule has 1 amide bonds. The summed E-state index contributed by atoms with van der Waals surface area (Å²) in [7, 11) is 0. The van der Waals surface area contributed by atoms with E-state index in [1.54, 1.807) is 12.3 Å². The standard InChI is InChI=1S/C22H20BrFN4O2/c23-14-6-13-7-18(20(29)27-17-8-22(9-17)4-1-5-22)21(30)28(19(13)26-10-14)12-16-3-2-15(24)11-25-16/h2-3,6-7,10-11,17H,1,4-5,8-9,12H2,(H,27,29). The Kier molecular flexibility index (Phi) is 4.69. The minimum Gasteiger partial charge on any atom is -0.349 e. The Labute approximate surface area is 180 Å². The Morgan fingerprint density at radius 2 is 2.03 bits per heavy atom. The van der Waals surface area contributed by atoms with Gasteiger partial charge in [0, 0.05) is 22.1 Å². The van der Waals surface area contributed by atoms with Crippen molar-refractivity contribution in [3.63, 3.8) is 0 Å². The number of nitrogens with zero attached hydrogens (tertiary/aromatic N) is 3. The Morgan fingerprint density at radius 3 is 2.70 bits per heavy atom. The van der Waals surface area contributed by atoms with Gasteiger partial charge in [-0.2, -0.15) is 0 Å². The third kappa shape index (κ3) is 3.43. The van der Waals surface area contributed by atoms with Gasteiger partial charge in [0.05, 0.1) is 18.4 Å². The molecule has 2 aliphatic rings. The number of fused-ring (bicyclic) bond motifs is 1. The number of pyridine rings is 3. The number of carbonyl (C=O) groups is 1. The highest BCUT2D eigenvalue weighted by Crippen LogP contribution is 2.55. The smallest absolute Gasteiger partial charge is 0.265 e. The van der Waals surface area contributed by atoms with Gasteiger partial charge >= 0.3 is 0 Å². The minimum atomic E-state index is -0.448. The van der Waals surface area contributed by atoms with E-state index in [-0.39, 0.29) is 24.1 Å². The van der Waals surface area contributed by atoms with Gasteiger partial charge in [0.25, 0.3) is 11.5 Å². The summed E-state index contributed by atoms with van der Waals surface area (Å²) in [5.41, 5.74) is 1.04. The maximum absolute atomic E-state index is 13.2. The highest BCUT2D eigenvalue weighted by atomic mass is 79.9. The van der Waals surface area contributed by atoms with E-state index < -0.39 is 11.4 Å². The van der Waals surface area contributed by atoms with Gasteiger partial charge < -0.3 is 5.32 Å². The molecule has 0 radical (unpaired) electrons. The largest absolute Gasteiger partial charge is 0.349 e. The molecule has 2 aliphatic carbocycles. The van der Waals surface area contributed by atoms with Gasteiger partial charge in [-0.3, -0.25) is 19.1 Å². The van der Waals surface area contributed by atoms with Gasteiger partial charge in [-0.1, -0.05) is 6.42 Å². The molecule has 0 bridgehead atoms. The van der Waals surface area contributed by atoms with Crippen LogP contribution in [0.2, 0.25) is 0 Å². The van der Waals surface area contributed by atoms with Crippen molar-refractivity contribution < 1.29 is 9.18 Å². The predicted molar refractivity (Wildman–Crippen MR) is 114 cm³/mol. The lowest BCUT2D eigenvalue weighted by molar-refractivity contribution is -0.000650. The van der Waals surface area contributed by atoms with Gasteiger partial charge in [0.2, 0.25) is 0 Å². The fourth-order valence-corrected chi connectivity index (χ4v) is 4.99. The van der Waals surface area contributed by atoms with Crippen LogP contribution >= 0.6 is 15.9 Å². The first-order chi connectivity index (χ1) is 14.4. The molecule has 2 fully saturated rings. The molecular weight excluding hydrogens is 451 g/mol. The second kappa shape index (κ2) is 7.27. The maximum Gasteiger partial charge on any atom is 0.265 e. The fourth-order valence-electron chi connectivity index (χ4n) is 4.65. The maximum atomic E-state index is 13.2. The Morgan fingerprint density at radius 1 is 1.23 bits per heavy atom. The molecule has 0 aromatic carbocycles. The summed E-state index contributed by atoms with van der Waals surface area (Å²) in [6, 6.07) is 6.35. The van der Waals surface area contributed by atoms with E-state index in [4.69, 9.17) is 0 Å². The zero-order chi connectivity index (χ0) is 20.9. The van der Waals surface area contributed by atoms with E-state index >= 15 is 0 Å². The molecule has 3 heterocycles. The Bertz CT molecular complexity index is 1200. The van der Waals surface area contributed by atoms with E-state index in [9.17, 15) is 14.0 Å². The fraction of sp³-hybridized carbons (Fsp3) is 0.364. The van der Waals surface area contributed by atoms with Gasteiger partial charge in [-0.25, -0.2) is 9.37 Å². The van der Waals surface area contributed by atoms with E-state index in [1.165, 1.54) is 36.0 Å². The second-order valence-electron chi connectivity index (χ2n) is 8.42. The van der Waals surface area contributed by atoms with Crippen molar-refractivity contribution in [1.29, 1.82) is 0 Å². The number of nitrogens with one attached hydrogen (secondary N) is 1. The van der Waals surface area contributed by atoms with Crippen LogP contribution in [0.3, 0.4) is 0 Å². The molecule has 1 N–H and O–H groups in total. The highest BCUT2D eigenvalue weighted by molar-refractivity contribution is 9.10. The molecule has 5 rings (SSSR count). The summed E-state index contributed by atoms with van der Waals surface area (Å²) in [6.45, 7) is 0.0951. The molecule has 154 valence electrons. The lowest BCUT2D eigenvalue weighted by Crippen LogP contribution is -2.54. The number of amides is 1. The van der Waals surface area contributed by atoms with Crippen molar-refractivity contribution in [2.75, 3.05) is 0 Å². The number of rotatable bonds is 4. The van der Waals surface area contributed by atoms with Crippen molar-refractivity contribution in [1.82, 2.24) is 19.9 Å². The molecule has 0 saturated heterocycles. The molecular formula is C22H20BrFN4O2. The normalized spacial score (nSPS) is 17.5. The summed E-state index contributed by atoms with van der Waals surface area (Å²) >= 11 is 3.39. The van der Waals surface area contributed by atoms with Crippen molar-refractivity contribution in [3.8, 4) is 0 Å². The molecule has 0 aliphatic heterocycles. The first-order valence-electron chi connectivity index (χ1n) is 10.0. The summed E-state index contributed by atoms with van der Waals surface area (Å²) < 4.78 is 15.4. The summed E-state index contributed by atoms with van der Waals surface area (Å²) in [5, 5.41) is 3.69. The third-order valence-electron chi connectivity index (χ3n) is 6.35. The molecule has 8 heteroatoms. The number of aromatic nitrogens is 3. The van der Waals surface area contributed by atoms with Crippen LogP contribution in [0.4, 0.5) is 4.39 Å². The Hall–Kier alpha value is -2.61. The van der Waals surface area contributed by atoms with Crippen molar-refractivity contribution in [2.24, 2.45) is 5.41 Å². The summed E-state index contributed by atoms with van der Waals surface area (Å²) in [5.74, 6) is -0.808. The highest BCUT2D eigenvalue weighted by Gasteiger charge is 2.48. The average molecular weight is 471 g/mol. The van der Waals surface area contributed by atoms with Crippen LogP contribution in [0.5, 0.6) is 0 Å². The van der Waals surface area contributed by atoms with Gasteiger partial charge in [-0.15, -0.1) is 0 Å². The van der Waals surface area contributed by atoms with Crippen LogP contribution in [-0.2, 0) is 6.54 Å². The first kappa shape index (κ1) is 19.4. The zero-order valence-corrected chi connectivity index (χ0v) is 17.8.